The average molecular weight is 434 g/mol. The predicted octanol–water partition coefficient (Wildman–Crippen LogP) is 4.06. The van der Waals surface area contributed by atoms with Gasteiger partial charge in [-0.2, -0.15) is 0 Å². The summed E-state index contributed by atoms with van der Waals surface area (Å²) in [5, 5.41) is 2.89. The van der Waals surface area contributed by atoms with Gasteiger partial charge in [0.25, 0.3) is 5.91 Å². The molecule has 1 aliphatic rings. The highest BCUT2D eigenvalue weighted by Gasteiger charge is 2.28. The number of carbonyl (C=O) groups is 1. The molecule has 0 aliphatic carbocycles. The minimum Gasteiger partial charge on any atom is -0.321 e. The first-order valence-electron chi connectivity index (χ1n) is 8.89. The van der Waals surface area contributed by atoms with E-state index in [9.17, 15) is 17.6 Å². The zero-order valence-electron chi connectivity index (χ0n) is 15.2. The lowest BCUT2D eigenvalue weighted by atomic mass is 10.1. The minimum absolute atomic E-state index is 0.0876. The largest absolute Gasteiger partial charge is 0.321 e. The molecule has 0 spiro atoms. The van der Waals surface area contributed by atoms with E-state index in [-0.39, 0.29) is 22.0 Å². The van der Waals surface area contributed by atoms with Crippen molar-refractivity contribution in [2.75, 3.05) is 21.9 Å². The van der Waals surface area contributed by atoms with Crippen molar-refractivity contribution in [2.24, 2.45) is 0 Å². The molecular formula is C20H17ClFN3O3S. The lowest BCUT2D eigenvalue weighted by Crippen LogP contribution is -2.25. The van der Waals surface area contributed by atoms with E-state index in [1.165, 1.54) is 28.6 Å². The first-order chi connectivity index (χ1) is 13.8. The van der Waals surface area contributed by atoms with Gasteiger partial charge in [-0.05, 0) is 55.0 Å². The standard InChI is InChI=1S/C20H17ClFN3O3S/c21-16-6-5-15(25-10-3-11-29(25,27)28)13-18(16)23-20(26)14-4-7-19(17(22)12-14)24-8-1-2-9-24/h1-2,4-9,12-13H,3,10-11H2,(H,23,26). The third kappa shape index (κ3) is 3.86. The van der Waals surface area contributed by atoms with Crippen LogP contribution in [0.25, 0.3) is 5.69 Å². The molecule has 1 amide bonds. The molecule has 1 N–H and O–H groups in total. The molecule has 0 atom stereocenters. The van der Waals surface area contributed by atoms with Gasteiger partial charge >= 0.3 is 0 Å². The molecule has 3 aromatic rings. The van der Waals surface area contributed by atoms with Crippen molar-refractivity contribution in [3.05, 3.63) is 77.3 Å². The van der Waals surface area contributed by atoms with Crippen LogP contribution >= 0.6 is 11.6 Å². The van der Waals surface area contributed by atoms with Crippen molar-refractivity contribution in [1.29, 1.82) is 0 Å². The van der Waals surface area contributed by atoms with Gasteiger partial charge in [0.05, 0.1) is 27.8 Å². The minimum atomic E-state index is -3.36. The number of hydrogen-bond donors (Lipinski definition) is 1. The average Bonchev–Trinajstić information content (AvgIpc) is 3.33. The highest BCUT2D eigenvalue weighted by Crippen LogP contribution is 2.31. The highest BCUT2D eigenvalue weighted by atomic mass is 35.5. The van der Waals surface area contributed by atoms with Crippen molar-refractivity contribution in [3.8, 4) is 5.69 Å². The first-order valence-corrected chi connectivity index (χ1v) is 10.9. The van der Waals surface area contributed by atoms with Crippen LogP contribution in [0, 0.1) is 5.82 Å². The van der Waals surface area contributed by atoms with Crippen molar-refractivity contribution < 1.29 is 17.6 Å². The Hall–Kier alpha value is -2.84. The Morgan fingerprint density at radius 2 is 1.86 bits per heavy atom. The molecule has 2 aromatic carbocycles. The van der Waals surface area contributed by atoms with Gasteiger partial charge in [0.1, 0.15) is 5.82 Å². The van der Waals surface area contributed by atoms with Gasteiger partial charge in [-0.3, -0.25) is 9.10 Å². The maximum Gasteiger partial charge on any atom is 0.255 e. The summed E-state index contributed by atoms with van der Waals surface area (Å²) in [6, 6.07) is 12.3. The number of nitrogens with one attached hydrogen (secondary N) is 1. The molecule has 6 nitrogen and oxygen atoms in total. The fourth-order valence-electron chi connectivity index (χ4n) is 3.24. The number of hydrogen-bond acceptors (Lipinski definition) is 3. The molecule has 0 bridgehead atoms. The molecule has 1 aromatic heterocycles. The third-order valence-corrected chi connectivity index (χ3v) is 6.88. The zero-order valence-corrected chi connectivity index (χ0v) is 16.8. The number of anilines is 2. The fourth-order valence-corrected chi connectivity index (χ4v) is 4.96. The van der Waals surface area contributed by atoms with E-state index in [1.807, 2.05) is 0 Å². The molecule has 9 heteroatoms. The van der Waals surface area contributed by atoms with Crippen molar-refractivity contribution in [2.45, 2.75) is 6.42 Å². The molecule has 1 aliphatic heterocycles. The molecule has 0 radical (unpaired) electrons. The van der Waals surface area contributed by atoms with Crippen LogP contribution in [-0.4, -0.2) is 31.2 Å². The second-order valence-electron chi connectivity index (χ2n) is 6.62. The van der Waals surface area contributed by atoms with E-state index in [0.717, 1.165) is 6.07 Å². The fraction of sp³-hybridized carbons (Fsp3) is 0.150. The number of rotatable bonds is 4. The summed E-state index contributed by atoms with van der Waals surface area (Å²) in [4.78, 5) is 12.6. The molecule has 1 saturated heterocycles. The third-order valence-electron chi connectivity index (χ3n) is 4.68. The van der Waals surface area contributed by atoms with Crippen LogP contribution in [-0.2, 0) is 10.0 Å². The van der Waals surface area contributed by atoms with Gasteiger partial charge < -0.3 is 9.88 Å². The maximum absolute atomic E-state index is 14.4. The summed E-state index contributed by atoms with van der Waals surface area (Å²) < 4.78 is 41.6. The van der Waals surface area contributed by atoms with E-state index in [0.29, 0.717) is 24.3 Å². The van der Waals surface area contributed by atoms with E-state index in [1.54, 1.807) is 35.2 Å². The summed E-state index contributed by atoms with van der Waals surface area (Å²) in [7, 11) is -3.36. The van der Waals surface area contributed by atoms with Crippen LogP contribution in [0.1, 0.15) is 16.8 Å². The maximum atomic E-state index is 14.4. The zero-order chi connectivity index (χ0) is 20.6. The summed E-state index contributed by atoms with van der Waals surface area (Å²) >= 11 is 6.17. The molecule has 1 fully saturated rings. The topological polar surface area (TPSA) is 71.4 Å². The molecule has 2 heterocycles. The number of carbonyl (C=O) groups excluding carboxylic acids is 1. The highest BCUT2D eigenvalue weighted by molar-refractivity contribution is 7.93. The van der Waals surface area contributed by atoms with E-state index >= 15 is 0 Å². The van der Waals surface area contributed by atoms with Gasteiger partial charge in [0, 0.05) is 24.5 Å². The number of halogens is 2. The number of aromatic nitrogens is 1. The number of benzene rings is 2. The Balaban J connectivity index is 1.58. The Labute approximate surface area is 172 Å². The monoisotopic (exact) mass is 433 g/mol. The molecule has 0 unspecified atom stereocenters. The van der Waals surface area contributed by atoms with E-state index in [4.69, 9.17) is 11.6 Å². The summed E-state index contributed by atoms with van der Waals surface area (Å²) in [6.07, 6.45) is 3.95. The smallest absolute Gasteiger partial charge is 0.255 e. The Bertz CT molecular complexity index is 1180. The van der Waals surface area contributed by atoms with Gasteiger partial charge in [0.2, 0.25) is 10.0 Å². The molecular weight excluding hydrogens is 417 g/mol. The van der Waals surface area contributed by atoms with Gasteiger partial charge in [0.15, 0.2) is 0 Å². The van der Waals surface area contributed by atoms with E-state index in [2.05, 4.69) is 5.32 Å². The van der Waals surface area contributed by atoms with Gasteiger partial charge in [-0.15, -0.1) is 0 Å². The normalized spacial score (nSPS) is 15.4. The van der Waals surface area contributed by atoms with E-state index < -0.39 is 21.7 Å². The SMILES string of the molecule is O=C(Nc1cc(N2CCCS2(=O)=O)ccc1Cl)c1ccc(-n2cccc2)c(F)c1. The lowest BCUT2D eigenvalue weighted by Gasteiger charge is -2.18. The molecule has 0 saturated carbocycles. The van der Waals surface area contributed by atoms with Gasteiger partial charge in [-0.1, -0.05) is 11.6 Å². The first kappa shape index (κ1) is 19.5. The summed E-state index contributed by atoms with van der Waals surface area (Å²) in [6.45, 7) is 0.378. The Kier molecular flexibility index (Phi) is 5.06. The molecule has 4 rings (SSSR count). The van der Waals surface area contributed by atoms with Crippen LogP contribution in [0.4, 0.5) is 15.8 Å². The molecule has 150 valence electrons. The second-order valence-corrected chi connectivity index (χ2v) is 9.04. The Morgan fingerprint density at radius 3 is 2.52 bits per heavy atom. The summed E-state index contributed by atoms with van der Waals surface area (Å²) in [5.41, 5.74) is 1.13. The summed E-state index contributed by atoms with van der Waals surface area (Å²) in [5.74, 6) is -1.01. The molecule has 29 heavy (non-hydrogen) atoms. The Morgan fingerprint density at radius 1 is 1.10 bits per heavy atom. The van der Waals surface area contributed by atoms with Gasteiger partial charge in [-0.25, -0.2) is 12.8 Å². The predicted molar refractivity (Wildman–Crippen MR) is 111 cm³/mol. The second kappa shape index (κ2) is 7.53. The quantitative estimate of drug-likeness (QED) is 0.674. The van der Waals surface area contributed by atoms with Crippen LogP contribution in [0.2, 0.25) is 5.02 Å². The van der Waals surface area contributed by atoms with Crippen LogP contribution in [0.3, 0.4) is 0 Å². The van der Waals surface area contributed by atoms with Crippen LogP contribution in [0.5, 0.6) is 0 Å². The number of sulfonamides is 1. The van der Waals surface area contributed by atoms with Crippen LogP contribution < -0.4 is 9.62 Å². The number of amides is 1. The lowest BCUT2D eigenvalue weighted by molar-refractivity contribution is 0.102. The number of nitrogens with zero attached hydrogens (tertiary/aromatic N) is 2. The van der Waals surface area contributed by atoms with Crippen LogP contribution in [0.15, 0.2) is 60.9 Å². The van der Waals surface area contributed by atoms with Crippen molar-refractivity contribution in [3.63, 3.8) is 0 Å². The van der Waals surface area contributed by atoms with Crippen molar-refractivity contribution in [1.82, 2.24) is 4.57 Å². The van der Waals surface area contributed by atoms with Crippen molar-refractivity contribution >= 4 is 38.9 Å².